The molecule has 1 aromatic rings. The Morgan fingerprint density at radius 3 is 2.00 bits per heavy atom. The van der Waals surface area contributed by atoms with E-state index in [0.29, 0.717) is 5.56 Å². The molecule has 0 bridgehead atoms. The van der Waals surface area contributed by atoms with E-state index in [1.165, 1.54) is 6.92 Å². The topological polar surface area (TPSA) is 208 Å². The minimum Gasteiger partial charge on any atom is -0.481 e. The molecule has 170 valence electrons. The summed E-state index contributed by atoms with van der Waals surface area (Å²) in [5.74, 6) is -5.44. The molecule has 0 aliphatic carbocycles. The summed E-state index contributed by atoms with van der Waals surface area (Å²) in [5.41, 5.74) is 6.14. The first-order chi connectivity index (χ1) is 14.5. The number of carbonyl (C=O) groups is 5. The molecule has 0 aromatic heterocycles. The molecule has 0 aliphatic heterocycles. The van der Waals surface area contributed by atoms with Crippen molar-refractivity contribution >= 4 is 29.7 Å². The van der Waals surface area contributed by atoms with Crippen LogP contribution < -0.4 is 21.7 Å². The van der Waals surface area contributed by atoms with E-state index in [2.05, 4.69) is 16.0 Å². The largest absolute Gasteiger partial charge is 0.481 e. The van der Waals surface area contributed by atoms with Crippen LogP contribution in [0.25, 0.3) is 0 Å². The van der Waals surface area contributed by atoms with Crippen LogP contribution in [0.2, 0.25) is 0 Å². The summed E-state index contributed by atoms with van der Waals surface area (Å²) in [7, 11) is 0. The molecule has 0 radical (unpaired) electrons. The number of aliphatic hydroxyl groups is 1. The van der Waals surface area contributed by atoms with Crippen LogP contribution in [0.5, 0.6) is 0 Å². The van der Waals surface area contributed by atoms with Gasteiger partial charge in [-0.3, -0.25) is 24.0 Å². The molecule has 0 heterocycles. The quantitative estimate of drug-likeness (QED) is 0.185. The van der Waals surface area contributed by atoms with Crippen LogP contribution >= 0.6 is 0 Å². The number of aliphatic hydroxyl groups excluding tert-OH is 1. The molecule has 0 fully saturated rings. The highest BCUT2D eigenvalue weighted by Gasteiger charge is 2.30. The van der Waals surface area contributed by atoms with Gasteiger partial charge < -0.3 is 37.0 Å². The van der Waals surface area contributed by atoms with Gasteiger partial charge >= 0.3 is 11.9 Å². The molecule has 4 unspecified atom stereocenters. The van der Waals surface area contributed by atoms with Crippen LogP contribution in [-0.4, -0.2) is 75.8 Å². The second kappa shape index (κ2) is 12.2. The van der Waals surface area contributed by atoms with Gasteiger partial charge in [-0.05, 0) is 12.5 Å². The highest BCUT2D eigenvalue weighted by molar-refractivity contribution is 5.95. The maximum atomic E-state index is 12.7. The average Bonchev–Trinajstić information content (AvgIpc) is 2.70. The number of rotatable bonds is 12. The number of hydrogen-bond acceptors (Lipinski definition) is 7. The first-order valence-corrected chi connectivity index (χ1v) is 9.30. The van der Waals surface area contributed by atoms with Crippen LogP contribution in [0.15, 0.2) is 30.3 Å². The summed E-state index contributed by atoms with van der Waals surface area (Å²) in [6.07, 6.45) is -2.07. The molecule has 0 saturated heterocycles. The van der Waals surface area contributed by atoms with Crippen LogP contribution in [0.3, 0.4) is 0 Å². The van der Waals surface area contributed by atoms with Crippen molar-refractivity contribution in [3.8, 4) is 0 Å². The van der Waals surface area contributed by atoms with Crippen molar-refractivity contribution in [3.05, 3.63) is 35.9 Å². The summed E-state index contributed by atoms with van der Waals surface area (Å²) in [6.45, 7) is 0.567. The molecule has 3 amide bonds. The SMILES string of the molecule is CC(O)C(N)C(=O)NC(CC(=O)O)C(=O)NC(Cc1ccccc1)C(=O)NCC(=O)O. The van der Waals surface area contributed by atoms with Crippen molar-refractivity contribution in [3.63, 3.8) is 0 Å². The van der Waals surface area contributed by atoms with E-state index >= 15 is 0 Å². The van der Waals surface area contributed by atoms with E-state index < -0.39 is 66.9 Å². The van der Waals surface area contributed by atoms with Gasteiger partial charge in [0.25, 0.3) is 0 Å². The van der Waals surface area contributed by atoms with Gasteiger partial charge in [0.15, 0.2) is 0 Å². The van der Waals surface area contributed by atoms with E-state index in [9.17, 15) is 29.1 Å². The standard InChI is InChI=1S/C19H26N4O8/c1-10(24)16(20)19(31)23-13(8-14(25)26)18(30)22-12(17(29)21-9-15(27)28)7-11-5-3-2-4-6-11/h2-6,10,12-13,16,24H,7-9,20H2,1H3,(H,21,29)(H,22,30)(H,23,31)(H,25,26)(H,27,28). The Labute approximate surface area is 177 Å². The fraction of sp³-hybridized carbons (Fsp3) is 0.421. The van der Waals surface area contributed by atoms with Crippen molar-refractivity contribution in [2.45, 2.75) is 44.0 Å². The van der Waals surface area contributed by atoms with Crippen LogP contribution in [0, 0.1) is 0 Å². The lowest BCUT2D eigenvalue weighted by Gasteiger charge is -2.24. The molecule has 4 atom stereocenters. The van der Waals surface area contributed by atoms with Gasteiger partial charge in [0.1, 0.15) is 24.7 Å². The Hall–Kier alpha value is -3.51. The molecule has 0 aliphatic rings. The number of carboxylic acids is 2. The predicted octanol–water partition coefficient (Wildman–Crippen LogP) is -2.42. The molecule has 12 nitrogen and oxygen atoms in total. The predicted molar refractivity (Wildman–Crippen MR) is 107 cm³/mol. The molecule has 1 aromatic carbocycles. The third-order valence-corrected chi connectivity index (χ3v) is 4.16. The maximum Gasteiger partial charge on any atom is 0.322 e. The van der Waals surface area contributed by atoms with Gasteiger partial charge in [-0.25, -0.2) is 0 Å². The van der Waals surface area contributed by atoms with E-state index in [0.717, 1.165) is 0 Å². The fourth-order valence-electron chi connectivity index (χ4n) is 2.49. The minimum atomic E-state index is -1.58. The Bertz CT molecular complexity index is 799. The number of carbonyl (C=O) groups excluding carboxylic acids is 3. The Balaban J connectivity index is 3.00. The number of aliphatic carboxylic acids is 2. The highest BCUT2D eigenvalue weighted by Crippen LogP contribution is 2.05. The summed E-state index contributed by atoms with van der Waals surface area (Å²) in [5, 5.41) is 33.9. The third kappa shape index (κ3) is 9.23. The van der Waals surface area contributed by atoms with Gasteiger partial charge in [-0.1, -0.05) is 30.3 Å². The third-order valence-electron chi connectivity index (χ3n) is 4.16. The van der Waals surface area contributed by atoms with Crippen molar-refractivity contribution in [2.24, 2.45) is 5.73 Å². The highest BCUT2D eigenvalue weighted by atomic mass is 16.4. The second-order valence-electron chi connectivity index (χ2n) is 6.79. The summed E-state index contributed by atoms with van der Waals surface area (Å²) >= 11 is 0. The summed E-state index contributed by atoms with van der Waals surface area (Å²) in [6, 6.07) is 4.29. The van der Waals surface area contributed by atoms with Crippen molar-refractivity contribution in [1.29, 1.82) is 0 Å². The number of nitrogens with two attached hydrogens (primary N) is 1. The monoisotopic (exact) mass is 438 g/mol. The Kier molecular flexibility index (Phi) is 10.1. The first-order valence-electron chi connectivity index (χ1n) is 9.30. The second-order valence-corrected chi connectivity index (χ2v) is 6.79. The van der Waals surface area contributed by atoms with Crippen LogP contribution in [0.4, 0.5) is 0 Å². The zero-order chi connectivity index (χ0) is 23.6. The van der Waals surface area contributed by atoms with Crippen molar-refractivity contribution in [1.82, 2.24) is 16.0 Å². The minimum absolute atomic E-state index is 0.0149. The normalized spacial score (nSPS) is 14.4. The smallest absolute Gasteiger partial charge is 0.322 e. The fourth-order valence-corrected chi connectivity index (χ4v) is 2.49. The van der Waals surface area contributed by atoms with Crippen LogP contribution in [0.1, 0.15) is 18.9 Å². The molecule has 0 spiro atoms. The van der Waals surface area contributed by atoms with Crippen LogP contribution in [-0.2, 0) is 30.4 Å². The van der Waals surface area contributed by atoms with E-state index in [-0.39, 0.29) is 6.42 Å². The van der Waals surface area contributed by atoms with Gasteiger partial charge in [-0.2, -0.15) is 0 Å². The Morgan fingerprint density at radius 2 is 1.48 bits per heavy atom. The zero-order valence-corrected chi connectivity index (χ0v) is 16.8. The van der Waals surface area contributed by atoms with E-state index in [1.54, 1.807) is 30.3 Å². The lowest BCUT2D eigenvalue weighted by Crippen LogP contribution is -2.58. The van der Waals surface area contributed by atoms with E-state index in [1.807, 2.05) is 0 Å². The van der Waals surface area contributed by atoms with Gasteiger partial charge in [0.05, 0.1) is 12.5 Å². The first kappa shape index (κ1) is 25.5. The molecule has 1 rings (SSSR count). The Morgan fingerprint density at radius 1 is 0.903 bits per heavy atom. The number of benzene rings is 1. The van der Waals surface area contributed by atoms with Crippen molar-refractivity contribution < 1.29 is 39.3 Å². The van der Waals surface area contributed by atoms with Gasteiger partial charge in [0.2, 0.25) is 17.7 Å². The molecule has 0 saturated carbocycles. The maximum absolute atomic E-state index is 12.7. The average molecular weight is 438 g/mol. The van der Waals surface area contributed by atoms with Gasteiger partial charge in [-0.15, -0.1) is 0 Å². The summed E-state index contributed by atoms with van der Waals surface area (Å²) in [4.78, 5) is 59.0. The molecular formula is C19H26N4O8. The molecule has 31 heavy (non-hydrogen) atoms. The lowest BCUT2D eigenvalue weighted by molar-refractivity contribution is -0.141. The molecular weight excluding hydrogens is 412 g/mol. The number of amides is 3. The van der Waals surface area contributed by atoms with Crippen molar-refractivity contribution in [2.75, 3.05) is 6.54 Å². The summed E-state index contributed by atoms with van der Waals surface area (Å²) < 4.78 is 0. The number of hydrogen-bond donors (Lipinski definition) is 7. The lowest BCUT2D eigenvalue weighted by atomic mass is 10.0. The molecule has 12 heteroatoms. The van der Waals surface area contributed by atoms with E-state index in [4.69, 9.17) is 15.9 Å². The number of nitrogens with one attached hydrogen (secondary N) is 3. The number of carboxylic acid groups (broad SMARTS) is 2. The van der Waals surface area contributed by atoms with Gasteiger partial charge in [0, 0.05) is 6.42 Å². The molecule has 8 N–H and O–H groups in total. The zero-order valence-electron chi connectivity index (χ0n) is 16.8.